The minimum atomic E-state index is -4.52. The van der Waals surface area contributed by atoms with Crippen molar-refractivity contribution in [3.63, 3.8) is 0 Å². The van der Waals surface area contributed by atoms with Crippen molar-refractivity contribution in [3.8, 4) is 0 Å². The monoisotopic (exact) mass is 532 g/mol. The first-order chi connectivity index (χ1) is 18.8. The van der Waals surface area contributed by atoms with Crippen molar-refractivity contribution in [1.29, 1.82) is 0 Å². The fourth-order valence-electron chi connectivity index (χ4n) is 4.76. The van der Waals surface area contributed by atoms with Gasteiger partial charge in [0.15, 0.2) is 5.69 Å². The number of rotatable bonds is 8. The van der Waals surface area contributed by atoms with Gasteiger partial charge in [0.1, 0.15) is 5.69 Å². The van der Waals surface area contributed by atoms with Gasteiger partial charge in [0.05, 0.1) is 12.1 Å². The van der Waals surface area contributed by atoms with Crippen LogP contribution in [0.4, 0.5) is 13.2 Å². The highest BCUT2D eigenvalue weighted by molar-refractivity contribution is 5.98. The van der Waals surface area contributed by atoms with Crippen molar-refractivity contribution in [2.45, 2.75) is 32.2 Å². The molecule has 9 heteroatoms. The second-order valence-electron chi connectivity index (χ2n) is 9.47. The molecule has 2 amide bonds. The molecule has 3 aromatic carbocycles. The van der Waals surface area contributed by atoms with Crippen LogP contribution in [0.25, 0.3) is 0 Å². The molecule has 0 saturated carbocycles. The standard InChI is InChI=1S/C30H27F3N4O2/c31-30(32,33)25-14-8-7-13-24(25)21-36-17-18-37-27(29(36)39)19-26(34-37)28(38)35(20-23-11-5-2-6-12-23)16-15-22-9-3-1-4-10-22/h1-14,19H,15-18,20-21H2. The van der Waals surface area contributed by atoms with Gasteiger partial charge in [-0.3, -0.25) is 14.3 Å². The Morgan fingerprint density at radius 2 is 1.51 bits per heavy atom. The molecule has 0 aliphatic carbocycles. The van der Waals surface area contributed by atoms with E-state index in [1.165, 1.54) is 33.8 Å². The van der Waals surface area contributed by atoms with Gasteiger partial charge in [0.2, 0.25) is 0 Å². The molecule has 6 nitrogen and oxygen atoms in total. The maximum Gasteiger partial charge on any atom is 0.416 e. The summed E-state index contributed by atoms with van der Waals surface area (Å²) in [6.07, 6.45) is -3.86. The molecule has 1 aromatic heterocycles. The summed E-state index contributed by atoms with van der Waals surface area (Å²) < 4.78 is 41.9. The zero-order valence-electron chi connectivity index (χ0n) is 21.1. The number of amides is 2. The summed E-state index contributed by atoms with van der Waals surface area (Å²) in [6.45, 7) is 1.12. The SMILES string of the molecule is O=C(c1cc2n(n1)CCN(Cc1ccccc1C(F)(F)F)C2=O)N(CCc1ccccc1)Cc1ccccc1. The van der Waals surface area contributed by atoms with Crippen LogP contribution in [0.1, 0.15) is 43.2 Å². The molecule has 200 valence electrons. The third-order valence-electron chi connectivity index (χ3n) is 6.79. The maximum atomic E-state index is 13.6. The fraction of sp³-hybridized carbons (Fsp3) is 0.233. The van der Waals surface area contributed by atoms with Gasteiger partial charge in [-0.05, 0) is 29.2 Å². The molecule has 0 spiro atoms. The van der Waals surface area contributed by atoms with Gasteiger partial charge in [-0.25, -0.2) is 0 Å². The summed E-state index contributed by atoms with van der Waals surface area (Å²) in [5.74, 6) is -0.762. The van der Waals surface area contributed by atoms with Gasteiger partial charge in [-0.2, -0.15) is 18.3 Å². The quantitative estimate of drug-likeness (QED) is 0.304. The second-order valence-corrected chi connectivity index (χ2v) is 9.47. The van der Waals surface area contributed by atoms with Crippen molar-refractivity contribution in [1.82, 2.24) is 19.6 Å². The van der Waals surface area contributed by atoms with Gasteiger partial charge in [-0.1, -0.05) is 78.9 Å². The van der Waals surface area contributed by atoms with E-state index in [2.05, 4.69) is 5.10 Å². The van der Waals surface area contributed by atoms with E-state index >= 15 is 0 Å². The van der Waals surface area contributed by atoms with E-state index in [1.54, 1.807) is 4.90 Å². The van der Waals surface area contributed by atoms with E-state index in [-0.39, 0.29) is 42.5 Å². The lowest BCUT2D eigenvalue weighted by Gasteiger charge is -2.28. The van der Waals surface area contributed by atoms with Crippen molar-refractivity contribution in [2.24, 2.45) is 0 Å². The number of carbonyl (C=O) groups excluding carboxylic acids is 2. The summed E-state index contributed by atoms with van der Waals surface area (Å²) in [4.78, 5) is 29.9. The largest absolute Gasteiger partial charge is 0.416 e. The summed E-state index contributed by atoms with van der Waals surface area (Å²) in [7, 11) is 0. The molecule has 0 saturated heterocycles. The molecule has 39 heavy (non-hydrogen) atoms. The van der Waals surface area contributed by atoms with E-state index in [9.17, 15) is 22.8 Å². The number of alkyl halides is 3. The summed E-state index contributed by atoms with van der Waals surface area (Å²) in [5.41, 5.74) is 1.66. The number of fused-ring (bicyclic) bond motifs is 1. The molecule has 0 fully saturated rings. The lowest BCUT2D eigenvalue weighted by molar-refractivity contribution is -0.138. The minimum Gasteiger partial charge on any atom is -0.333 e. The predicted octanol–water partition coefficient (Wildman–Crippen LogP) is 5.44. The number of nitrogens with zero attached hydrogens (tertiary/aromatic N) is 4. The lowest BCUT2D eigenvalue weighted by Crippen LogP contribution is -2.40. The van der Waals surface area contributed by atoms with Crippen LogP contribution in [-0.2, 0) is 32.2 Å². The Morgan fingerprint density at radius 1 is 0.872 bits per heavy atom. The molecule has 2 heterocycles. The van der Waals surface area contributed by atoms with Crippen molar-refractivity contribution in [3.05, 3.63) is 125 Å². The van der Waals surface area contributed by atoms with Crippen molar-refractivity contribution in [2.75, 3.05) is 13.1 Å². The Hall–Kier alpha value is -4.40. The third-order valence-corrected chi connectivity index (χ3v) is 6.79. The Morgan fingerprint density at radius 3 is 2.21 bits per heavy atom. The van der Waals surface area contributed by atoms with E-state index in [4.69, 9.17) is 0 Å². The first-order valence-electron chi connectivity index (χ1n) is 12.7. The molecular formula is C30H27F3N4O2. The third kappa shape index (κ3) is 6.03. The average molecular weight is 533 g/mol. The molecule has 5 rings (SSSR count). The Kier molecular flexibility index (Phi) is 7.49. The van der Waals surface area contributed by atoms with E-state index in [0.29, 0.717) is 19.5 Å². The van der Waals surface area contributed by atoms with Crippen LogP contribution in [0, 0.1) is 0 Å². The maximum absolute atomic E-state index is 13.6. The molecule has 0 unspecified atom stereocenters. The highest BCUT2D eigenvalue weighted by Crippen LogP contribution is 2.33. The van der Waals surface area contributed by atoms with Gasteiger partial charge in [0, 0.05) is 32.2 Å². The highest BCUT2D eigenvalue weighted by atomic mass is 19.4. The topological polar surface area (TPSA) is 58.4 Å². The molecule has 1 aliphatic rings. The van der Waals surface area contributed by atoms with Gasteiger partial charge < -0.3 is 9.80 Å². The number of hydrogen-bond acceptors (Lipinski definition) is 3. The highest BCUT2D eigenvalue weighted by Gasteiger charge is 2.35. The predicted molar refractivity (Wildman–Crippen MR) is 140 cm³/mol. The minimum absolute atomic E-state index is 0.0255. The summed E-state index contributed by atoms with van der Waals surface area (Å²) in [6, 6.07) is 26.2. The smallest absolute Gasteiger partial charge is 0.333 e. The number of hydrogen-bond donors (Lipinski definition) is 0. The number of benzene rings is 3. The fourth-order valence-corrected chi connectivity index (χ4v) is 4.76. The Balaban J connectivity index is 1.35. The summed E-state index contributed by atoms with van der Waals surface area (Å²) in [5, 5.41) is 4.41. The number of aromatic nitrogens is 2. The average Bonchev–Trinajstić information content (AvgIpc) is 3.38. The van der Waals surface area contributed by atoms with Crippen LogP contribution in [0.2, 0.25) is 0 Å². The van der Waals surface area contributed by atoms with E-state index in [0.717, 1.165) is 17.2 Å². The zero-order chi connectivity index (χ0) is 27.4. The molecule has 0 bridgehead atoms. The first-order valence-corrected chi connectivity index (χ1v) is 12.7. The number of carbonyl (C=O) groups is 2. The number of halogens is 3. The van der Waals surface area contributed by atoms with Crippen LogP contribution in [0.3, 0.4) is 0 Å². The van der Waals surface area contributed by atoms with Crippen LogP contribution >= 0.6 is 0 Å². The van der Waals surface area contributed by atoms with E-state index < -0.39 is 17.6 Å². The van der Waals surface area contributed by atoms with Gasteiger partial charge in [-0.15, -0.1) is 0 Å². The normalized spacial score (nSPS) is 13.3. The van der Waals surface area contributed by atoms with Crippen molar-refractivity contribution >= 4 is 11.8 Å². The second kappa shape index (κ2) is 11.1. The lowest BCUT2D eigenvalue weighted by atomic mass is 10.1. The summed E-state index contributed by atoms with van der Waals surface area (Å²) >= 11 is 0. The zero-order valence-corrected chi connectivity index (χ0v) is 21.1. The van der Waals surface area contributed by atoms with Crippen LogP contribution in [-0.4, -0.2) is 44.5 Å². The first kappa shape index (κ1) is 26.2. The van der Waals surface area contributed by atoms with Crippen LogP contribution in [0.15, 0.2) is 91.0 Å². The molecule has 0 N–H and O–H groups in total. The Labute approximate surface area is 224 Å². The molecule has 4 aromatic rings. The molecular weight excluding hydrogens is 505 g/mol. The molecule has 1 aliphatic heterocycles. The van der Waals surface area contributed by atoms with Crippen molar-refractivity contribution < 1.29 is 22.8 Å². The Bertz CT molecular complexity index is 1450. The molecule has 0 atom stereocenters. The van der Waals surface area contributed by atoms with Crippen LogP contribution in [0.5, 0.6) is 0 Å². The van der Waals surface area contributed by atoms with Gasteiger partial charge in [0.25, 0.3) is 11.8 Å². The molecule has 0 radical (unpaired) electrons. The van der Waals surface area contributed by atoms with E-state index in [1.807, 2.05) is 60.7 Å². The van der Waals surface area contributed by atoms with Crippen LogP contribution < -0.4 is 0 Å². The van der Waals surface area contributed by atoms with Gasteiger partial charge >= 0.3 is 6.18 Å².